The Morgan fingerprint density at radius 2 is 1.58 bits per heavy atom. The third-order valence-corrected chi connectivity index (χ3v) is 7.51. The second-order valence-electron chi connectivity index (χ2n) is 7.96. The summed E-state index contributed by atoms with van der Waals surface area (Å²) in [5.41, 5.74) is 1.49. The van der Waals surface area contributed by atoms with Crippen LogP contribution in [0.1, 0.15) is 25.5 Å². The van der Waals surface area contributed by atoms with Crippen LogP contribution in [-0.4, -0.2) is 67.9 Å². The number of hydrogen-bond donors (Lipinski definition) is 1. The van der Waals surface area contributed by atoms with Crippen molar-refractivity contribution >= 4 is 33.4 Å². The van der Waals surface area contributed by atoms with Crippen molar-refractivity contribution in [3.63, 3.8) is 0 Å². The van der Waals surface area contributed by atoms with Gasteiger partial charge in [0.1, 0.15) is 5.82 Å². The Morgan fingerprint density at radius 3 is 2.19 bits per heavy atom. The zero-order valence-electron chi connectivity index (χ0n) is 17.9. The van der Waals surface area contributed by atoms with Gasteiger partial charge in [-0.05, 0) is 44.0 Å². The number of anilines is 3. The first kappa shape index (κ1) is 21.5. The Morgan fingerprint density at radius 1 is 0.935 bits per heavy atom. The Hall–Kier alpha value is -2.72. The Labute approximate surface area is 183 Å². The molecule has 166 valence electrons. The minimum absolute atomic E-state index is 0.196. The van der Waals surface area contributed by atoms with Crippen LogP contribution in [-0.2, 0) is 14.8 Å². The summed E-state index contributed by atoms with van der Waals surface area (Å²) in [7, 11) is -3.60. The highest BCUT2D eigenvalue weighted by Crippen LogP contribution is 2.24. The van der Waals surface area contributed by atoms with E-state index in [1.54, 1.807) is 12.1 Å². The van der Waals surface area contributed by atoms with Gasteiger partial charge in [0, 0.05) is 63.6 Å². The second kappa shape index (κ2) is 8.80. The Kier molecular flexibility index (Phi) is 6.10. The zero-order chi connectivity index (χ0) is 22.0. The lowest BCUT2D eigenvalue weighted by Gasteiger charge is -2.34. The Balaban J connectivity index is 1.44. The number of nitrogens with zero attached hydrogens (tertiary/aromatic N) is 5. The van der Waals surface area contributed by atoms with Crippen molar-refractivity contribution in [3.05, 3.63) is 36.0 Å². The van der Waals surface area contributed by atoms with Gasteiger partial charge >= 0.3 is 0 Å². The number of carbonyl (C=O) groups excluding carboxylic acids is 1. The number of benzene rings is 1. The van der Waals surface area contributed by atoms with Crippen LogP contribution >= 0.6 is 0 Å². The molecule has 3 heterocycles. The highest BCUT2D eigenvalue weighted by molar-refractivity contribution is 7.89. The van der Waals surface area contributed by atoms with Crippen molar-refractivity contribution in [1.29, 1.82) is 0 Å². The summed E-state index contributed by atoms with van der Waals surface area (Å²) >= 11 is 0. The van der Waals surface area contributed by atoms with E-state index in [1.165, 1.54) is 36.2 Å². The molecule has 0 saturated carbocycles. The standard InChI is InChI=1S/C21H28N6O3S/c1-16-15-20(25-9-3-4-10-25)24-21(22-16)26-11-13-27(14-12-26)31(29,30)19-7-5-18(6-8-19)23-17(2)28/h5-8,15H,3-4,9-14H2,1-2H3,(H,23,28). The summed E-state index contributed by atoms with van der Waals surface area (Å²) in [6.07, 6.45) is 2.36. The maximum Gasteiger partial charge on any atom is 0.243 e. The van der Waals surface area contributed by atoms with Crippen LogP contribution in [0.5, 0.6) is 0 Å². The highest BCUT2D eigenvalue weighted by atomic mass is 32.2. The molecule has 1 aromatic carbocycles. The van der Waals surface area contributed by atoms with E-state index in [0.29, 0.717) is 37.8 Å². The van der Waals surface area contributed by atoms with Crippen LogP contribution in [0.4, 0.5) is 17.5 Å². The van der Waals surface area contributed by atoms with E-state index in [4.69, 9.17) is 4.98 Å². The summed E-state index contributed by atoms with van der Waals surface area (Å²) in [5, 5.41) is 2.64. The fourth-order valence-corrected chi connectivity index (χ4v) is 5.40. The molecule has 2 fully saturated rings. The predicted octanol–water partition coefficient (Wildman–Crippen LogP) is 1.85. The molecule has 4 rings (SSSR count). The molecule has 2 aromatic rings. The SMILES string of the molecule is CC(=O)Nc1ccc(S(=O)(=O)N2CCN(c3nc(C)cc(N4CCCC4)n3)CC2)cc1. The number of hydrogen-bond acceptors (Lipinski definition) is 7. The molecule has 0 aliphatic carbocycles. The first-order valence-electron chi connectivity index (χ1n) is 10.6. The van der Waals surface area contributed by atoms with Gasteiger partial charge in [-0.2, -0.15) is 9.29 Å². The smallest absolute Gasteiger partial charge is 0.243 e. The van der Waals surface area contributed by atoms with Gasteiger partial charge in [0.2, 0.25) is 21.9 Å². The van der Waals surface area contributed by atoms with E-state index >= 15 is 0 Å². The first-order valence-corrected chi connectivity index (χ1v) is 12.0. The number of sulfonamides is 1. The summed E-state index contributed by atoms with van der Waals surface area (Å²) in [4.78, 5) is 25.1. The average molecular weight is 445 g/mol. The van der Waals surface area contributed by atoms with E-state index < -0.39 is 10.0 Å². The van der Waals surface area contributed by atoms with Crippen LogP contribution in [0.3, 0.4) is 0 Å². The minimum atomic E-state index is -3.60. The number of rotatable bonds is 5. The maximum absolute atomic E-state index is 13.0. The fraction of sp³-hybridized carbons (Fsp3) is 0.476. The molecule has 1 amide bonds. The summed E-state index contributed by atoms with van der Waals surface area (Å²) < 4.78 is 27.6. The number of nitrogens with one attached hydrogen (secondary N) is 1. The van der Waals surface area contributed by atoms with Crippen molar-refractivity contribution < 1.29 is 13.2 Å². The number of aryl methyl sites for hydroxylation is 1. The molecular weight excluding hydrogens is 416 g/mol. The topological polar surface area (TPSA) is 98.7 Å². The van der Waals surface area contributed by atoms with Crippen molar-refractivity contribution in [2.75, 3.05) is 54.4 Å². The highest BCUT2D eigenvalue weighted by Gasteiger charge is 2.29. The molecule has 1 N–H and O–H groups in total. The molecule has 2 aliphatic rings. The van der Waals surface area contributed by atoms with Crippen molar-refractivity contribution in [3.8, 4) is 0 Å². The second-order valence-corrected chi connectivity index (χ2v) is 9.90. The minimum Gasteiger partial charge on any atom is -0.356 e. The lowest BCUT2D eigenvalue weighted by molar-refractivity contribution is -0.114. The summed E-state index contributed by atoms with van der Waals surface area (Å²) in [6, 6.07) is 8.27. The molecule has 10 heteroatoms. The van der Waals surface area contributed by atoms with Crippen LogP contribution in [0.25, 0.3) is 0 Å². The molecule has 2 saturated heterocycles. The lowest BCUT2D eigenvalue weighted by Crippen LogP contribution is -2.49. The third kappa shape index (κ3) is 4.80. The summed E-state index contributed by atoms with van der Waals surface area (Å²) in [6.45, 7) is 7.22. The average Bonchev–Trinajstić information content (AvgIpc) is 3.28. The van der Waals surface area contributed by atoms with E-state index in [2.05, 4.69) is 20.1 Å². The van der Waals surface area contributed by atoms with Crippen molar-refractivity contribution in [1.82, 2.24) is 14.3 Å². The molecule has 31 heavy (non-hydrogen) atoms. The van der Waals surface area contributed by atoms with E-state index in [0.717, 1.165) is 24.6 Å². The first-order chi connectivity index (χ1) is 14.8. The molecular formula is C21H28N6O3S. The molecule has 0 atom stereocenters. The van der Waals surface area contributed by atoms with E-state index in [-0.39, 0.29) is 10.8 Å². The van der Waals surface area contributed by atoms with Gasteiger partial charge in [-0.25, -0.2) is 13.4 Å². The van der Waals surface area contributed by atoms with Gasteiger partial charge in [-0.15, -0.1) is 0 Å². The number of carbonyl (C=O) groups is 1. The molecule has 1 aromatic heterocycles. The van der Waals surface area contributed by atoms with Crippen LogP contribution in [0.2, 0.25) is 0 Å². The molecule has 2 aliphatic heterocycles. The Bertz CT molecular complexity index is 1040. The number of amides is 1. The van der Waals surface area contributed by atoms with Gasteiger partial charge in [0.25, 0.3) is 0 Å². The van der Waals surface area contributed by atoms with Crippen LogP contribution in [0, 0.1) is 6.92 Å². The van der Waals surface area contributed by atoms with Gasteiger partial charge in [-0.1, -0.05) is 0 Å². The largest absolute Gasteiger partial charge is 0.356 e. The van der Waals surface area contributed by atoms with Gasteiger partial charge in [0.05, 0.1) is 4.90 Å². The normalized spacial score (nSPS) is 17.7. The molecule has 0 bridgehead atoms. The zero-order valence-corrected chi connectivity index (χ0v) is 18.7. The van der Waals surface area contributed by atoms with Gasteiger partial charge in [0.15, 0.2) is 0 Å². The third-order valence-electron chi connectivity index (χ3n) is 5.59. The van der Waals surface area contributed by atoms with E-state index in [1.807, 2.05) is 13.0 Å². The van der Waals surface area contributed by atoms with Crippen molar-refractivity contribution in [2.45, 2.75) is 31.6 Å². The van der Waals surface area contributed by atoms with Crippen LogP contribution < -0.4 is 15.1 Å². The lowest BCUT2D eigenvalue weighted by atomic mass is 10.3. The molecule has 0 unspecified atom stereocenters. The number of aromatic nitrogens is 2. The quantitative estimate of drug-likeness (QED) is 0.751. The maximum atomic E-state index is 13.0. The van der Waals surface area contributed by atoms with E-state index in [9.17, 15) is 13.2 Å². The fourth-order valence-electron chi connectivity index (χ4n) is 3.98. The molecule has 9 nitrogen and oxygen atoms in total. The molecule has 0 radical (unpaired) electrons. The van der Waals surface area contributed by atoms with Gasteiger partial charge < -0.3 is 15.1 Å². The summed E-state index contributed by atoms with van der Waals surface area (Å²) in [5.74, 6) is 1.42. The molecule has 0 spiro atoms. The van der Waals surface area contributed by atoms with Crippen molar-refractivity contribution in [2.24, 2.45) is 0 Å². The number of piperazine rings is 1. The van der Waals surface area contributed by atoms with Crippen LogP contribution in [0.15, 0.2) is 35.2 Å². The monoisotopic (exact) mass is 444 g/mol. The van der Waals surface area contributed by atoms with Gasteiger partial charge in [-0.3, -0.25) is 4.79 Å². The predicted molar refractivity (Wildman–Crippen MR) is 120 cm³/mol.